The van der Waals surface area contributed by atoms with Gasteiger partial charge in [-0.05, 0) is 23.8 Å². The molecule has 3 N–H and O–H groups in total. The van der Waals surface area contributed by atoms with Crippen molar-refractivity contribution in [2.24, 2.45) is 0 Å². The van der Waals surface area contributed by atoms with E-state index in [0.29, 0.717) is 5.69 Å². The Hall–Kier alpha value is -1.87. The molecule has 15 heavy (non-hydrogen) atoms. The van der Waals surface area contributed by atoms with Crippen LogP contribution in [0.2, 0.25) is 0 Å². The monoisotopic (exact) mass is 200 g/mol. The number of nitrogens with two attached hydrogens (primary N) is 1. The molecule has 0 fully saturated rings. The van der Waals surface area contributed by atoms with Crippen LogP contribution in [-0.2, 0) is 0 Å². The van der Waals surface area contributed by atoms with E-state index in [4.69, 9.17) is 5.73 Å². The third kappa shape index (κ3) is 2.14. The summed E-state index contributed by atoms with van der Waals surface area (Å²) < 4.78 is 0. The van der Waals surface area contributed by atoms with Gasteiger partial charge >= 0.3 is 0 Å². The van der Waals surface area contributed by atoms with Crippen LogP contribution in [0, 0.1) is 0 Å². The molecule has 0 aliphatic heterocycles. The van der Waals surface area contributed by atoms with E-state index in [9.17, 15) is 5.11 Å². The number of aliphatic hydroxyl groups excluding tert-OH is 1. The van der Waals surface area contributed by atoms with E-state index >= 15 is 0 Å². The summed E-state index contributed by atoms with van der Waals surface area (Å²) >= 11 is 0. The second-order valence-electron chi connectivity index (χ2n) is 3.36. The minimum Gasteiger partial charge on any atom is -0.399 e. The van der Waals surface area contributed by atoms with E-state index < -0.39 is 6.10 Å². The van der Waals surface area contributed by atoms with Gasteiger partial charge in [0, 0.05) is 23.6 Å². The van der Waals surface area contributed by atoms with Crippen LogP contribution in [0.15, 0.2) is 48.8 Å². The molecule has 0 radical (unpaired) electrons. The average molecular weight is 200 g/mol. The molecule has 0 saturated carbocycles. The number of anilines is 1. The van der Waals surface area contributed by atoms with Gasteiger partial charge in [0.05, 0.1) is 0 Å². The first-order valence-corrected chi connectivity index (χ1v) is 4.71. The smallest absolute Gasteiger partial charge is 0.106 e. The summed E-state index contributed by atoms with van der Waals surface area (Å²) in [4.78, 5) is 3.96. The van der Waals surface area contributed by atoms with E-state index in [0.717, 1.165) is 11.1 Å². The average Bonchev–Trinajstić information content (AvgIpc) is 2.29. The molecule has 1 atom stereocenters. The SMILES string of the molecule is Nc1cccc(C(O)c2cccnc2)c1. The van der Waals surface area contributed by atoms with Gasteiger partial charge in [0.1, 0.15) is 6.10 Å². The van der Waals surface area contributed by atoms with Gasteiger partial charge in [-0.1, -0.05) is 18.2 Å². The maximum Gasteiger partial charge on any atom is 0.106 e. The van der Waals surface area contributed by atoms with Crippen molar-refractivity contribution in [1.82, 2.24) is 4.98 Å². The largest absolute Gasteiger partial charge is 0.399 e. The van der Waals surface area contributed by atoms with E-state index in [1.807, 2.05) is 18.2 Å². The Balaban J connectivity index is 2.32. The van der Waals surface area contributed by atoms with Crippen molar-refractivity contribution < 1.29 is 5.11 Å². The number of aliphatic hydroxyl groups is 1. The fourth-order valence-electron chi connectivity index (χ4n) is 1.46. The molecule has 76 valence electrons. The molecule has 0 amide bonds. The maximum atomic E-state index is 10.0. The normalized spacial score (nSPS) is 12.3. The summed E-state index contributed by atoms with van der Waals surface area (Å²) in [5, 5.41) is 10.0. The Bertz CT molecular complexity index is 442. The zero-order valence-electron chi connectivity index (χ0n) is 8.17. The number of hydrogen-bond acceptors (Lipinski definition) is 3. The lowest BCUT2D eigenvalue weighted by Gasteiger charge is -2.11. The standard InChI is InChI=1S/C12H12N2O/c13-11-5-1-3-9(7-11)12(15)10-4-2-6-14-8-10/h1-8,12,15H,13H2. The van der Waals surface area contributed by atoms with Gasteiger partial charge in [-0.3, -0.25) is 4.98 Å². The molecule has 2 rings (SSSR count). The second kappa shape index (κ2) is 4.11. The molecule has 3 nitrogen and oxygen atoms in total. The van der Waals surface area contributed by atoms with Crippen molar-refractivity contribution in [3.8, 4) is 0 Å². The van der Waals surface area contributed by atoms with Crippen LogP contribution in [-0.4, -0.2) is 10.1 Å². The molecule has 2 aromatic rings. The summed E-state index contributed by atoms with van der Waals surface area (Å²) in [5.74, 6) is 0. The van der Waals surface area contributed by atoms with E-state index in [1.165, 1.54) is 0 Å². The number of nitrogen functional groups attached to an aromatic ring is 1. The lowest BCUT2D eigenvalue weighted by atomic mass is 10.0. The van der Waals surface area contributed by atoms with E-state index in [-0.39, 0.29) is 0 Å². The highest BCUT2D eigenvalue weighted by Gasteiger charge is 2.09. The minimum atomic E-state index is -0.665. The van der Waals surface area contributed by atoms with Gasteiger partial charge in [-0.15, -0.1) is 0 Å². The Morgan fingerprint density at radius 2 is 1.93 bits per heavy atom. The van der Waals surface area contributed by atoms with Gasteiger partial charge < -0.3 is 10.8 Å². The van der Waals surface area contributed by atoms with Gasteiger partial charge in [0.15, 0.2) is 0 Å². The van der Waals surface area contributed by atoms with Gasteiger partial charge in [-0.25, -0.2) is 0 Å². The first-order valence-electron chi connectivity index (χ1n) is 4.71. The molecule has 0 saturated heterocycles. The fraction of sp³-hybridized carbons (Fsp3) is 0.0833. The fourth-order valence-corrected chi connectivity index (χ4v) is 1.46. The lowest BCUT2D eigenvalue weighted by Crippen LogP contribution is -2.00. The van der Waals surface area contributed by atoms with Gasteiger partial charge in [0.25, 0.3) is 0 Å². The predicted octanol–water partition coefficient (Wildman–Crippen LogP) is 1.75. The molecule has 3 heteroatoms. The topological polar surface area (TPSA) is 59.1 Å². The van der Waals surface area contributed by atoms with Crippen molar-refractivity contribution in [2.75, 3.05) is 5.73 Å². The quantitative estimate of drug-likeness (QED) is 0.726. The van der Waals surface area contributed by atoms with E-state index in [2.05, 4.69) is 4.98 Å². The lowest BCUT2D eigenvalue weighted by molar-refractivity contribution is 0.220. The molecular weight excluding hydrogens is 188 g/mol. The zero-order valence-corrected chi connectivity index (χ0v) is 8.17. The summed E-state index contributed by atoms with van der Waals surface area (Å²) in [6, 6.07) is 10.8. The molecule has 0 aliphatic carbocycles. The molecule has 1 heterocycles. The molecular formula is C12H12N2O. The zero-order chi connectivity index (χ0) is 10.7. The molecule has 0 bridgehead atoms. The summed E-state index contributed by atoms with van der Waals surface area (Å²) in [5.41, 5.74) is 7.84. The Kier molecular flexibility index (Phi) is 2.65. The van der Waals surface area contributed by atoms with E-state index in [1.54, 1.807) is 30.6 Å². The number of aromatic nitrogens is 1. The highest BCUT2D eigenvalue weighted by atomic mass is 16.3. The van der Waals surface area contributed by atoms with Crippen LogP contribution in [0.5, 0.6) is 0 Å². The summed E-state index contributed by atoms with van der Waals surface area (Å²) in [6.45, 7) is 0. The number of nitrogens with zero attached hydrogens (tertiary/aromatic N) is 1. The highest BCUT2D eigenvalue weighted by molar-refractivity contribution is 5.43. The van der Waals surface area contributed by atoms with Crippen molar-refractivity contribution in [3.05, 3.63) is 59.9 Å². The van der Waals surface area contributed by atoms with Crippen LogP contribution in [0.4, 0.5) is 5.69 Å². The van der Waals surface area contributed by atoms with Crippen molar-refractivity contribution >= 4 is 5.69 Å². The first kappa shape index (κ1) is 9.68. The molecule has 0 aliphatic rings. The van der Waals surface area contributed by atoms with Gasteiger partial charge in [0.2, 0.25) is 0 Å². The highest BCUT2D eigenvalue weighted by Crippen LogP contribution is 2.22. The number of hydrogen-bond donors (Lipinski definition) is 2. The molecule has 1 aromatic carbocycles. The van der Waals surface area contributed by atoms with Crippen molar-refractivity contribution in [3.63, 3.8) is 0 Å². The number of rotatable bonds is 2. The first-order chi connectivity index (χ1) is 7.27. The molecule has 1 unspecified atom stereocenters. The maximum absolute atomic E-state index is 10.0. The number of pyridine rings is 1. The Morgan fingerprint density at radius 3 is 2.60 bits per heavy atom. The summed E-state index contributed by atoms with van der Waals surface area (Å²) in [6.07, 6.45) is 2.66. The third-order valence-corrected chi connectivity index (χ3v) is 2.23. The minimum absolute atomic E-state index is 0.649. The van der Waals surface area contributed by atoms with Gasteiger partial charge in [-0.2, -0.15) is 0 Å². The van der Waals surface area contributed by atoms with Crippen LogP contribution >= 0.6 is 0 Å². The third-order valence-electron chi connectivity index (χ3n) is 2.23. The molecule has 0 spiro atoms. The summed E-state index contributed by atoms with van der Waals surface area (Å²) in [7, 11) is 0. The van der Waals surface area contributed by atoms with Crippen LogP contribution in [0.25, 0.3) is 0 Å². The predicted molar refractivity (Wildman–Crippen MR) is 59.2 cm³/mol. The van der Waals surface area contributed by atoms with Crippen LogP contribution in [0.1, 0.15) is 17.2 Å². The van der Waals surface area contributed by atoms with Crippen LogP contribution in [0.3, 0.4) is 0 Å². The molecule has 1 aromatic heterocycles. The Morgan fingerprint density at radius 1 is 1.13 bits per heavy atom. The van der Waals surface area contributed by atoms with Crippen molar-refractivity contribution in [2.45, 2.75) is 6.10 Å². The number of benzene rings is 1. The Labute approximate surface area is 88.2 Å². The van der Waals surface area contributed by atoms with Crippen molar-refractivity contribution in [1.29, 1.82) is 0 Å². The van der Waals surface area contributed by atoms with Crippen LogP contribution < -0.4 is 5.73 Å². The second-order valence-corrected chi connectivity index (χ2v) is 3.36.